The third kappa shape index (κ3) is 6.23. The molecule has 4 rings (SSSR count). The van der Waals surface area contributed by atoms with E-state index >= 15 is 0 Å². The van der Waals surface area contributed by atoms with E-state index in [1.54, 1.807) is 42.5 Å². The molecule has 0 saturated heterocycles. The first kappa shape index (κ1) is 23.1. The van der Waals surface area contributed by atoms with Crippen LogP contribution in [0.15, 0.2) is 60.7 Å². The highest BCUT2D eigenvalue weighted by molar-refractivity contribution is 5.92. The van der Waals surface area contributed by atoms with Crippen molar-refractivity contribution >= 4 is 16.7 Å². The molecule has 0 spiro atoms. The van der Waals surface area contributed by atoms with E-state index in [1.807, 2.05) is 12.1 Å². The fourth-order valence-electron chi connectivity index (χ4n) is 4.61. The van der Waals surface area contributed by atoms with Gasteiger partial charge in [0.2, 0.25) is 0 Å². The summed E-state index contributed by atoms with van der Waals surface area (Å²) in [5.74, 6) is 7.76. The first-order chi connectivity index (χ1) is 16.1. The van der Waals surface area contributed by atoms with Crippen LogP contribution in [0.25, 0.3) is 10.8 Å². The normalized spacial score (nSPS) is 17.9. The molecule has 0 amide bonds. The van der Waals surface area contributed by atoms with Gasteiger partial charge in [0, 0.05) is 16.9 Å². The first-order valence-electron chi connectivity index (χ1n) is 12.1. The third-order valence-corrected chi connectivity index (χ3v) is 6.61. The molecule has 0 aromatic heterocycles. The van der Waals surface area contributed by atoms with Gasteiger partial charge in [-0.25, -0.2) is 9.18 Å². The summed E-state index contributed by atoms with van der Waals surface area (Å²) >= 11 is 0. The molecule has 170 valence electrons. The van der Waals surface area contributed by atoms with Crippen molar-refractivity contribution < 1.29 is 13.9 Å². The molecule has 0 unspecified atom stereocenters. The van der Waals surface area contributed by atoms with Gasteiger partial charge in [-0.2, -0.15) is 0 Å². The number of unbranched alkanes of at least 4 members (excludes halogenated alkanes) is 2. The van der Waals surface area contributed by atoms with Crippen LogP contribution in [0.2, 0.25) is 0 Å². The van der Waals surface area contributed by atoms with Gasteiger partial charge in [0.25, 0.3) is 0 Å². The van der Waals surface area contributed by atoms with Crippen molar-refractivity contribution in [2.75, 3.05) is 0 Å². The summed E-state index contributed by atoms with van der Waals surface area (Å²) in [6, 6.07) is 17.0. The summed E-state index contributed by atoms with van der Waals surface area (Å²) in [4.78, 5) is 12.5. The highest BCUT2D eigenvalue weighted by Crippen LogP contribution is 2.31. The van der Waals surface area contributed by atoms with Crippen molar-refractivity contribution in [3.63, 3.8) is 0 Å². The van der Waals surface area contributed by atoms with E-state index < -0.39 is 5.97 Å². The van der Waals surface area contributed by atoms with Gasteiger partial charge >= 0.3 is 5.97 Å². The Hall–Kier alpha value is -3.12. The minimum Gasteiger partial charge on any atom is -0.423 e. The van der Waals surface area contributed by atoms with Gasteiger partial charge in [0.05, 0.1) is 5.56 Å². The van der Waals surface area contributed by atoms with Crippen molar-refractivity contribution in [2.24, 2.45) is 11.8 Å². The van der Waals surface area contributed by atoms with Crippen LogP contribution in [0.1, 0.15) is 74.2 Å². The first-order valence-corrected chi connectivity index (χ1v) is 12.1. The molecular formula is C30H31FO2. The van der Waals surface area contributed by atoms with Gasteiger partial charge in [0.1, 0.15) is 11.6 Å². The number of benzene rings is 3. The Balaban J connectivity index is 1.31. The van der Waals surface area contributed by atoms with E-state index in [-0.39, 0.29) is 5.82 Å². The van der Waals surface area contributed by atoms with Crippen molar-refractivity contribution in [3.8, 4) is 17.6 Å². The summed E-state index contributed by atoms with van der Waals surface area (Å²) in [6.45, 7) is 2.26. The molecule has 3 heteroatoms. The lowest BCUT2D eigenvalue weighted by molar-refractivity contribution is 0.0735. The minimum absolute atomic E-state index is 0.290. The molecule has 0 N–H and O–H groups in total. The standard InChI is InChI=1S/C30H31FO2/c1-2-3-4-6-22-9-11-23(12-10-22)13-14-24-15-17-25(18-16-24)30(32)33-27-19-20-28-26(21-27)7-5-8-29(28)31/h5,7-8,15-23H,2-4,6,9-12H2,1H3. The van der Waals surface area contributed by atoms with Crippen LogP contribution in [0.3, 0.4) is 0 Å². The van der Waals surface area contributed by atoms with Crippen LogP contribution in [0, 0.1) is 29.5 Å². The van der Waals surface area contributed by atoms with E-state index in [4.69, 9.17) is 4.74 Å². The largest absolute Gasteiger partial charge is 0.423 e. The van der Waals surface area contributed by atoms with E-state index in [9.17, 15) is 9.18 Å². The van der Waals surface area contributed by atoms with Crippen LogP contribution in [0.5, 0.6) is 5.75 Å². The van der Waals surface area contributed by atoms with Gasteiger partial charge in [-0.3, -0.25) is 0 Å². The molecule has 0 bridgehead atoms. The number of hydrogen-bond donors (Lipinski definition) is 0. The molecule has 1 aliphatic rings. The molecule has 1 saturated carbocycles. The molecule has 3 aromatic rings. The van der Waals surface area contributed by atoms with Gasteiger partial charge in [-0.05, 0) is 85.5 Å². The Labute approximate surface area is 196 Å². The predicted molar refractivity (Wildman–Crippen MR) is 132 cm³/mol. The molecule has 2 nitrogen and oxygen atoms in total. The van der Waals surface area contributed by atoms with E-state index in [1.165, 1.54) is 57.4 Å². The molecule has 3 aromatic carbocycles. The monoisotopic (exact) mass is 442 g/mol. The highest BCUT2D eigenvalue weighted by Gasteiger charge is 2.19. The molecule has 0 radical (unpaired) electrons. The van der Waals surface area contributed by atoms with Crippen LogP contribution in [-0.4, -0.2) is 5.97 Å². The van der Waals surface area contributed by atoms with E-state index in [0.29, 0.717) is 28.0 Å². The Morgan fingerprint density at radius 3 is 2.55 bits per heavy atom. The van der Waals surface area contributed by atoms with E-state index in [2.05, 4.69) is 18.8 Å². The number of carbonyl (C=O) groups excluding carboxylic acids is 1. The molecule has 33 heavy (non-hydrogen) atoms. The van der Waals surface area contributed by atoms with Crippen molar-refractivity contribution in [1.82, 2.24) is 0 Å². The van der Waals surface area contributed by atoms with Gasteiger partial charge in [-0.15, -0.1) is 0 Å². The Bertz CT molecular complexity index is 1150. The van der Waals surface area contributed by atoms with Crippen molar-refractivity contribution in [1.29, 1.82) is 0 Å². The molecule has 1 fully saturated rings. The van der Waals surface area contributed by atoms with Gasteiger partial charge in [-0.1, -0.05) is 56.6 Å². The van der Waals surface area contributed by atoms with Crippen molar-refractivity contribution in [3.05, 3.63) is 77.6 Å². The number of hydrogen-bond acceptors (Lipinski definition) is 2. The number of ether oxygens (including phenoxy) is 1. The topological polar surface area (TPSA) is 26.3 Å². The highest BCUT2D eigenvalue weighted by atomic mass is 19.1. The number of rotatable bonds is 6. The lowest BCUT2D eigenvalue weighted by atomic mass is 9.80. The summed E-state index contributed by atoms with van der Waals surface area (Å²) in [7, 11) is 0. The fourth-order valence-corrected chi connectivity index (χ4v) is 4.61. The number of carbonyl (C=O) groups is 1. The Morgan fingerprint density at radius 1 is 1.00 bits per heavy atom. The van der Waals surface area contributed by atoms with E-state index in [0.717, 1.165) is 11.5 Å². The number of esters is 1. The Kier molecular flexibility index (Phi) is 7.79. The minimum atomic E-state index is -0.438. The quantitative estimate of drug-likeness (QED) is 0.168. The molecule has 0 atom stereocenters. The zero-order valence-corrected chi connectivity index (χ0v) is 19.3. The maximum Gasteiger partial charge on any atom is 0.343 e. The fraction of sp³-hybridized carbons (Fsp3) is 0.367. The second-order valence-corrected chi connectivity index (χ2v) is 9.07. The average Bonchev–Trinajstić information content (AvgIpc) is 2.84. The lowest BCUT2D eigenvalue weighted by Crippen LogP contribution is -2.13. The summed E-state index contributed by atoms with van der Waals surface area (Å²) in [5, 5.41) is 1.20. The average molecular weight is 443 g/mol. The third-order valence-electron chi connectivity index (χ3n) is 6.61. The van der Waals surface area contributed by atoms with Crippen LogP contribution in [-0.2, 0) is 0 Å². The number of halogens is 1. The number of fused-ring (bicyclic) bond motifs is 1. The lowest BCUT2D eigenvalue weighted by Gasteiger charge is -2.25. The zero-order valence-electron chi connectivity index (χ0n) is 19.3. The summed E-state index contributed by atoms with van der Waals surface area (Å²) in [5.41, 5.74) is 1.38. The van der Waals surface area contributed by atoms with Crippen molar-refractivity contribution in [2.45, 2.75) is 58.3 Å². The molecule has 1 aliphatic carbocycles. The van der Waals surface area contributed by atoms with Crippen LogP contribution >= 0.6 is 0 Å². The predicted octanol–water partition coefficient (Wildman–Crippen LogP) is 7.94. The smallest absolute Gasteiger partial charge is 0.343 e. The zero-order chi connectivity index (χ0) is 23.0. The second kappa shape index (κ2) is 11.1. The summed E-state index contributed by atoms with van der Waals surface area (Å²) in [6.07, 6.45) is 10.4. The van der Waals surface area contributed by atoms with Crippen LogP contribution < -0.4 is 4.74 Å². The van der Waals surface area contributed by atoms with Gasteiger partial charge in [0.15, 0.2) is 0 Å². The van der Waals surface area contributed by atoms with Gasteiger partial charge < -0.3 is 4.74 Å². The second-order valence-electron chi connectivity index (χ2n) is 9.07. The van der Waals surface area contributed by atoms with Crippen LogP contribution in [0.4, 0.5) is 4.39 Å². The maximum atomic E-state index is 13.8. The molecule has 0 heterocycles. The molecule has 0 aliphatic heterocycles. The maximum absolute atomic E-state index is 13.8. The Morgan fingerprint density at radius 2 is 1.79 bits per heavy atom. The summed E-state index contributed by atoms with van der Waals surface area (Å²) < 4.78 is 19.3. The SMILES string of the molecule is CCCCCC1CCC(C#Cc2ccc(C(=O)Oc3ccc4c(F)cccc4c3)cc2)CC1. The molecular weight excluding hydrogens is 411 g/mol.